The second-order valence-corrected chi connectivity index (χ2v) is 6.30. The van der Waals surface area contributed by atoms with Gasteiger partial charge in [-0.05, 0) is 31.5 Å². The first-order valence-corrected chi connectivity index (χ1v) is 7.52. The molecule has 18 heavy (non-hydrogen) atoms. The molecule has 1 saturated heterocycles. The van der Waals surface area contributed by atoms with Crippen molar-refractivity contribution in [3.05, 3.63) is 39.7 Å². The van der Waals surface area contributed by atoms with Gasteiger partial charge >= 0.3 is 0 Å². The first kappa shape index (κ1) is 10.7. The molecule has 0 bridgehead atoms. The van der Waals surface area contributed by atoms with Gasteiger partial charge in [-0.1, -0.05) is 24.3 Å². The molecule has 0 unspecified atom stereocenters. The summed E-state index contributed by atoms with van der Waals surface area (Å²) in [5.41, 5.74) is 4.08. The molecule has 0 amide bonds. The molecule has 2 aromatic rings. The van der Waals surface area contributed by atoms with Crippen molar-refractivity contribution >= 4 is 11.3 Å². The van der Waals surface area contributed by atoms with Crippen molar-refractivity contribution in [1.29, 1.82) is 0 Å². The van der Waals surface area contributed by atoms with Crippen LogP contribution in [0.25, 0.3) is 11.3 Å². The van der Waals surface area contributed by atoms with Crippen molar-refractivity contribution in [3.63, 3.8) is 0 Å². The van der Waals surface area contributed by atoms with E-state index >= 15 is 0 Å². The van der Waals surface area contributed by atoms with Gasteiger partial charge in [0.2, 0.25) is 0 Å². The quantitative estimate of drug-likeness (QED) is 0.723. The number of hydrogen-bond donors (Lipinski definition) is 1. The Bertz CT molecular complexity index is 582. The molecule has 1 fully saturated rings. The number of nitrogens with zero attached hydrogens (tertiary/aromatic N) is 1. The Labute approximate surface area is 111 Å². The van der Waals surface area contributed by atoms with Gasteiger partial charge in [-0.25, -0.2) is 4.98 Å². The number of nitrogens with one attached hydrogen (secondary N) is 1. The average Bonchev–Trinajstić information content (AvgIpc) is 2.97. The van der Waals surface area contributed by atoms with Crippen LogP contribution in [0.2, 0.25) is 0 Å². The van der Waals surface area contributed by atoms with Gasteiger partial charge in [0.25, 0.3) is 0 Å². The van der Waals surface area contributed by atoms with Gasteiger partial charge in [0, 0.05) is 22.8 Å². The van der Waals surface area contributed by atoms with Crippen LogP contribution in [-0.2, 0) is 6.42 Å². The molecule has 0 atom stereocenters. The Kier molecular flexibility index (Phi) is 2.49. The maximum absolute atomic E-state index is 4.95. The number of piperidine rings is 1. The molecule has 0 radical (unpaired) electrons. The molecule has 1 aliphatic carbocycles. The largest absolute Gasteiger partial charge is 0.317 e. The highest BCUT2D eigenvalue weighted by Gasteiger charge is 2.26. The summed E-state index contributed by atoms with van der Waals surface area (Å²) in [5, 5.41) is 4.80. The van der Waals surface area contributed by atoms with Crippen molar-refractivity contribution in [2.24, 2.45) is 0 Å². The lowest BCUT2D eigenvalue weighted by Crippen LogP contribution is -2.26. The zero-order valence-electron chi connectivity index (χ0n) is 10.3. The highest BCUT2D eigenvalue weighted by Crippen LogP contribution is 2.42. The van der Waals surface area contributed by atoms with Crippen molar-refractivity contribution in [2.75, 3.05) is 13.1 Å². The maximum Gasteiger partial charge on any atom is 0.0967 e. The fourth-order valence-electron chi connectivity index (χ4n) is 3.02. The Balaban J connectivity index is 1.71. The summed E-state index contributed by atoms with van der Waals surface area (Å²) in [7, 11) is 0. The average molecular weight is 256 g/mol. The molecular formula is C15H16N2S. The lowest BCUT2D eigenvalue weighted by molar-refractivity contribution is 0.459. The fourth-order valence-corrected chi connectivity index (χ4v) is 4.29. The summed E-state index contributed by atoms with van der Waals surface area (Å²) < 4.78 is 0. The van der Waals surface area contributed by atoms with Crippen LogP contribution in [0, 0.1) is 0 Å². The van der Waals surface area contributed by atoms with Gasteiger partial charge in [-0.15, -0.1) is 11.3 Å². The van der Waals surface area contributed by atoms with Gasteiger partial charge in [0.15, 0.2) is 0 Å². The van der Waals surface area contributed by atoms with E-state index in [1.165, 1.54) is 39.5 Å². The molecule has 4 rings (SSSR count). The number of aromatic nitrogens is 1. The monoisotopic (exact) mass is 256 g/mol. The maximum atomic E-state index is 4.95. The van der Waals surface area contributed by atoms with E-state index in [4.69, 9.17) is 4.98 Å². The summed E-state index contributed by atoms with van der Waals surface area (Å²) in [6, 6.07) is 8.70. The molecular weight excluding hydrogens is 240 g/mol. The SMILES string of the molecule is c1ccc2c(c1)Cc1sc(C3CCNCC3)nc1-2. The van der Waals surface area contributed by atoms with E-state index in [-0.39, 0.29) is 0 Å². The van der Waals surface area contributed by atoms with E-state index in [0.717, 1.165) is 19.5 Å². The van der Waals surface area contributed by atoms with E-state index in [0.29, 0.717) is 5.92 Å². The molecule has 92 valence electrons. The van der Waals surface area contributed by atoms with E-state index in [9.17, 15) is 0 Å². The number of rotatable bonds is 1. The topological polar surface area (TPSA) is 24.9 Å². The predicted octanol–water partition coefficient (Wildman–Crippen LogP) is 3.18. The van der Waals surface area contributed by atoms with Gasteiger partial charge in [0.1, 0.15) is 0 Å². The van der Waals surface area contributed by atoms with Crippen LogP contribution in [0.3, 0.4) is 0 Å². The Hall–Kier alpha value is -1.19. The highest BCUT2D eigenvalue weighted by molar-refractivity contribution is 7.12. The van der Waals surface area contributed by atoms with E-state index in [1.807, 2.05) is 11.3 Å². The third-order valence-electron chi connectivity index (χ3n) is 4.03. The molecule has 1 aromatic heterocycles. The Morgan fingerprint density at radius 2 is 2.00 bits per heavy atom. The van der Waals surface area contributed by atoms with Gasteiger partial charge in [-0.2, -0.15) is 0 Å². The molecule has 3 heteroatoms. The Morgan fingerprint density at radius 3 is 2.89 bits per heavy atom. The first-order valence-electron chi connectivity index (χ1n) is 6.70. The van der Waals surface area contributed by atoms with Crippen molar-refractivity contribution in [1.82, 2.24) is 10.3 Å². The number of fused-ring (bicyclic) bond motifs is 3. The van der Waals surface area contributed by atoms with Crippen molar-refractivity contribution in [3.8, 4) is 11.3 Å². The fraction of sp³-hybridized carbons (Fsp3) is 0.400. The molecule has 1 aliphatic heterocycles. The van der Waals surface area contributed by atoms with Crippen LogP contribution >= 0.6 is 11.3 Å². The molecule has 2 aliphatic rings. The summed E-state index contributed by atoms with van der Waals surface area (Å²) in [4.78, 5) is 6.42. The van der Waals surface area contributed by atoms with Crippen LogP contribution < -0.4 is 5.32 Å². The summed E-state index contributed by atoms with van der Waals surface area (Å²) in [5.74, 6) is 0.689. The number of hydrogen-bond acceptors (Lipinski definition) is 3. The standard InChI is InChI=1S/C15H16N2S/c1-2-4-12-11(3-1)9-13-14(12)17-15(18-13)10-5-7-16-8-6-10/h1-4,10,16H,5-9H2. The normalized spacial score (nSPS) is 18.7. The molecule has 1 aromatic carbocycles. The minimum absolute atomic E-state index is 0.689. The van der Waals surface area contributed by atoms with E-state index < -0.39 is 0 Å². The van der Waals surface area contributed by atoms with Crippen LogP contribution in [-0.4, -0.2) is 18.1 Å². The lowest BCUT2D eigenvalue weighted by Gasteiger charge is -2.20. The van der Waals surface area contributed by atoms with Crippen LogP contribution in [0.15, 0.2) is 24.3 Å². The molecule has 0 spiro atoms. The van der Waals surface area contributed by atoms with Crippen molar-refractivity contribution < 1.29 is 0 Å². The summed E-state index contributed by atoms with van der Waals surface area (Å²) in [6.45, 7) is 2.29. The van der Waals surface area contributed by atoms with E-state index in [1.54, 1.807) is 0 Å². The van der Waals surface area contributed by atoms with Gasteiger partial charge < -0.3 is 5.32 Å². The highest BCUT2D eigenvalue weighted by atomic mass is 32.1. The molecule has 2 heterocycles. The number of benzene rings is 1. The zero-order valence-corrected chi connectivity index (χ0v) is 11.1. The zero-order chi connectivity index (χ0) is 11.9. The van der Waals surface area contributed by atoms with E-state index in [2.05, 4.69) is 29.6 Å². The second kappa shape index (κ2) is 4.18. The Morgan fingerprint density at radius 1 is 1.17 bits per heavy atom. The van der Waals surface area contributed by atoms with Crippen LogP contribution in [0.5, 0.6) is 0 Å². The first-order chi connectivity index (χ1) is 8.92. The minimum atomic E-state index is 0.689. The predicted molar refractivity (Wildman–Crippen MR) is 75.2 cm³/mol. The third-order valence-corrected chi connectivity index (χ3v) is 5.24. The lowest BCUT2D eigenvalue weighted by atomic mass is 9.99. The van der Waals surface area contributed by atoms with Gasteiger partial charge in [-0.3, -0.25) is 0 Å². The number of thiazole rings is 1. The smallest absolute Gasteiger partial charge is 0.0967 e. The minimum Gasteiger partial charge on any atom is -0.317 e. The molecule has 2 nitrogen and oxygen atoms in total. The van der Waals surface area contributed by atoms with Crippen LogP contribution in [0.4, 0.5) is 0 Å². The third kappa shape index (κ3) is 1.62. The van der Waals surface area contributed by atoms with Crippen molar-refractivity contribution in [2.45, 2.75) is 25.2 Å². The summed E-state index contributed by atoms with van der Waals surface area (Å²) >= 11 is 1.95. The second-order valence-electron chi connectivity index (χ2n) is 5.18. The molecule has 1 N–H and O–H groups in total. The summed E-state index contributed by atoms with van der Waals surface area (Å²) in [6.07, 6.45) is 3.58. The van der Waals surface area contributed by atoms with Gasteiger partial charge in [0.05, 0.1) is 10.7 Å². The van der Waals surface area contributed by atoms with Crippen LogP contribution in [0.1, 0.15) is 34.2 Å². The molecule has 0 saturated carbocycles.